The molecule has 4 aromatic carbocycles. The van der Waals surface area contributed by atoms with Crippen LogP contribution in [-0.4, -0.2) is 17.5 Å². The number of rotatable bonds is 6. The number of anilines is 1. The van der Waals surface area contributed by atoms with Gasteiger partial charge in [-0.15, -0.1) is 0 Å². The number of hydrogen-bond donors (Lipinski definition) is 1. The molecule has 0 saturated heterocycles. The number of urea groups is 1. The van der Waals surface area contributed by atoms with Crippen LogP contribution in [0, 0.1) is 0 Å². The van der Waals surface area contributed by atoms with Gasteiger partial charge in [-0.25, -0.2) is 4.79 Å². The standard InChI is InChI=1S/C27H21Cl2F3N2O/c28-22-13-10-20(24(29)16-22)14-15-34(17-18-8-11-21(12-9-18)27(30,31)32)26(35)33-25-7-3-5-19-4-1-2-6-23(19)25/h1-13,16H,14-15,17H2,(H,33,35). The Bertz CT molecular complexity index is 1340. The van der Waals surface area contributed by atoms with Crippen molar-refractivity contribution in [2.75, 3.05) is 11.9 Å². The van der Waals surface area contributed by atoms with Crippen molar-refractivity contribution < 1.29 is 18.0 Å². The monoisotopic (exact) mass is 516 g/mol. The van der Waals surface area contributed by atoms with Crippen molar-refractivity contribution in [2.24, 2.45) is 0 Å². The summed E-state index contributed by atoms with van der Waals surface area (Å²) in [6, 6.07) is 22.9. The zero-order valence-electron chi connectivity index (χ0n) is 18.4. The Morgan fingerprint density at radius 1 is 0.886 bits per heavy atom. The molecule has 4 aromatic rings. The van der Waals surface area contributed by atoms with E-state index in [1.807, 2.05) is 42.5 Å². The second-order valence-corrected chi connectivity index (χ2v) is 8.90. The number of halogens is 5. The zero-order valence-corrected chi connectivity index (χ0v) is 20.0. The van der Waals surface area contributed by atoms with Gasteiger partial charge < -0.3 is 10.2 Å². The van der Waals surface area contributed by atoms with Gasteiger partial charge in [-0.2, -0.15) is 13.2 Å². The van der Waals surface area contributed by atoms with E-state index in [0.717, 1.165) is 28.5 Å². The van der Waals surface area contributed by atoms with Crippen LogP contribution in [0.1, 0.15) is 16.7 Å². The summed E-state index contributed by atoms with van der Waals surface area (Å²) in [7, 11) is 0. The van der Waals surface area contributed by atoms with E-state index in [-0.39, 0.29) is 12.6 Å². The van der Waals surface area contributed by atoms with Crippen molar-refractivity contribution in [3.8, 4) is 0 Å². The third-order valence-electron chi connectivity index (χ3n) is 5.64. The number of carbonyl (C=O) groups excluding carboxylic acids is 1. The summed E-state index contributed by atoms with van der Waals surface area (Å²) in [5, 5.41) is 5.82. The quantitative estimate of drug-likeness (QED) is 0.274. The van der Waals surface area contributed by atoms with Crippen LogP contribution in [0.4, 0.5) is 23.7 Å². The van der Waals surface area contributed by atoms with Crippen molar-refractivity contribution in [2.45, 2.75) is 19.1 Å². The molecule has 0 atom stereocenters. The summed E-state index contributed by atoms with van der Waals surface area (Å²) in [5.41, 5.74) is 1.30. The Kier molecular flexibility index (Phi) is 7.53. The topological polar surface area (TPSA) is 32.3 Å². The highest BCUT2D eigenvalue weighted by atomic mass is 35.5. The fourth-order valence-electron chi connectivity index (χ4n) is 3.78. The first-order valence-electron chi connectivity index (χ1n) is 10.8. The minimum atomic E-state index is -4.42. The van der Waals surface area contributed by atoms with Crippen molar-refractivity contribution >= 4 is 45.7 Å². The molecule has 0 unspecified atom stereocenters. The van der Waals surface area contributed by atoms with Crippen molar-refractivity contribution in [3.63, 3.8) is 0 Å². The van der Waals surface area contributed by atoms with Gasteiger partial charge in [0.15, 0.2) is 0 Å². The number of alkyl halides is 3. The lowest BCUT2D eigenvalue weighted by molar-refractivity contribution is -0.137. The summed E-state index contributed by atoms with van der Waals surface area (Å²) in [6.07, 6.45) is -3.98. The molecule has 0 aliphatic heterocycles. The summed E-state index contributed by atoms with van der Waals surface area (Å²) >= 11 is 12.3. The lowest BCUT2D eigenvalue weighted by atomic mass is 10.1. The Labute approximate surface area is 211 Å². The molecule has 2 amide bonds. The first kappa shape index (κ1) is 24.9. The van der Waals surface area contributed by atoms with Crippen LogP contribution in [0.3, 0.4) is 0 Å². The van der Waals surface area contributed by atoms with Crippen LogP contribution in [-0.2, 0) is 19.1 Å². The molecular weight excluding hydrogens is 496 g/mol. The minimum absolute atomic E-state index is 0.125. The number of nitrogens with zero attached hydrogens (tertiary/aromatic N) is 1. The molecule has 0 aliphatic rings. The summed E-state index contributed by atoms with van der Waals surface area (Å²) in [4.78, 5) is 14.9. The molecule has 35 heavy (non-hydrogen) atoms. The molecule has 0 aromatic heterocycles. The van der Waals surface area contributed by atoms with Crippen molar-refractivity contribution in [3.05, 3.63) is 112 Å². The van der Waals surface area contributed by atoms with Crippen LogP contribution in [0.5, 0.6) is 0 Å². The maximum atomic E-state index is 13.3. The predicted octanol–water partition coefficient (Wildman–Crippen LogP) is 8.44. The Morgan fingerprint density at radius 2 is 1.60 bits per heavy atom. The second kappa shape index (κ2) is 10.6. The van der Waals surface area contributed by atoms with E-state index in [4.69, 9.17) is 23.2 Å². The van der Waals surface area contributed by atoms with E-state index < -0.39 is 11.7 Å². The maximum absolute atomic E-state index is 13.3. The second-order valence-electron chi connectivity index (χ2n) is 8.06. The van der Waals surface area contributed by atoms with Crippen LogP contribution in [0.2, 0.25) is 10.0 Å². The number of hydrogen-bond acceptors (Lipinski definition) is 1. The smallest absolute Gasteiger partial charge is 0.320 e. The molecule has 4 rings (SSSR count). The molecule has 8 heteroatoms. The molecule has 1 N–H and O–H groups in total. The Morgan fingerprint density at radius 3 is 2.31 bits per heavy atom. The number of fused-ring (bicyclic) bond motifs is 1. The summed E-state index contributed by atoms with van der Waals surface area (Å²) in [5.74, 6) is 0. The largest absolute Gasteiger partial charge is 0.416 e. The van der Waals surface area contributed by atoms with E-state index in [2.05, 4.69) is 5.32 Å². The Balaban J connectivity index is 1.57. The van der Waals surface area contributed by atoms with Crippen LogP contribution in [0.25, 0.3) is 10.8 Å². The third-order valence-corrected chi connectivity index (χ3v) is 6.23. The van der Waals surface area contributed by atoms with E-state index in [0.29, 0.717) is 34.3 Å². The van der Waals surface area contributed by atoms with Crippen LogP contribution in [0.15, 0.2) is 84.9 Å². The first-order chi connectivity index (χ1) is 16.7. The fourth-order valence-corrected chi connectivity index (χ4v) is 4.28. The van der Waals surface area contributed by atoms with Gasteiger partial charge in [0.2, 0.25) is 0 Å². The number of carbonyl (C=O) groups is 1. The van der Waals surface area contributed by atoms with Gasteiger partial charge in [0.05, 0.1) is 11.3 Å². The van der Waals surface area contributed by atoms with Crippen molar-refractivity contribution in [1.29, 1.82) is 0 Å². The molecule has 0 saturated carbocycles. The molecule has 0 bridgehead atoms. The van der Waals surface area contributed by atoms with Gasteiger partial charge in [0, 0.05) is 28.5 Å². The lowest BCUT2D eigenvalue weighted by Crippen LogP contribution is -2.36. The summed E-state index contributed by atoms with van der Waals surface area (Å²) < 4.78 is 38.9. The lowest BCUT2D eigenvalue weighted by Gasteiger charge is -2.24. The molecular formula is C27H21Cl2F3N2O. The highest BCUT2D eigenvalue weighted by Gasteiger charge is 2.30. The van der Waals surface area contributed by atoms with Gasteiger partial charge in [0.25, 0.3) is 0 Å². The predicted molar refractivity (Wildman–Crippen MR) is 135 cm³/mol. The van der Waals surface area contributed by atoms with E-state index in [1.54, 1.807) is 23.1 Å². The van der Waals surface area contributed by atoms with Gasteiger partial charge in [0.1, 0.15) is 0 Å². The molecule has 180 valence electrons. The van der Waals surface area contributed by atoms with Crippen LogP contribution >= 0.6 is 23.2 Å². The minimum Gasteiger partial charge on any atom is -0.320 e. The van der Waals surface area contributed by atoms with Crippen LogP contribution < -0.4 is 5.32 Å². The molecule has 0 fully saturated rings. The molecule has 0 heterocycles. The first-order valence-corrected chi connectivity index (χ1v) is 11.6. The third kappa shape index (κ3) is 6.27. The number of nitrogens with one attached hydrogen (secondary N) is 1. The van der Waals surface area contributed by atoms with Crippen molar-refractivity contribution in [1.82, 2.24) is 4.90 Å². The average Bonchev–Trinajstić information content (AvgIpc) is 2.82. The highest BCUT2D eigenvalue weighted by molar-refractivity contribution is 6.35. The zero-order chi connectivity index (χ0) is 25.0. The number of amides is 2. The average molecular weight is 517 g/mol. The van der Waals surface area contributed by atoms with Gasteiger partial charge in [-0.3, -0.25) is 0 Å². The van der Waals surface area contributed by atoms with Gasteiger partial charge in [-0.05, 0) is 53.3 Å². The summed E-state index contributed by atoms with van der Waals surface area (Å²) in [6.45, 7) is 0.416. The molecule has 0 radical (unpaired) electrons. The van der Waals surface area contributed by atoms with Gasteiger partial charge >= 0.3 is 12.2 Å². The Hall–Kier alpha value is -3.22. The fraction of sp³-hybridized carbons (Fsp3) is 0.148. The maximum Gasteiger partial charge on any atom is 0.416 e. The molecule has 0 spiro atoms. The van der Waals surface area contributed by atoms with E-state index in [9.17, 15) is 18.0 Å². The molecule has 0 aliphatic carbocycles. The van der Waals surface area contributed by atoms with E-state index >= 15 is 0 Å². The molecule has 3 nitrogen and oxygen atoms in total. The number of benzene rings is 4. The van der Waals surface area contributed by atoms with E-state index in [1.165, 1.54) is 12.1 Å². The highest BCUT2D eigenvalue weighted by Crippen LogP contribution is 2.29. The normalized spacial score (nSPS) is 11.5. The SMILES string of the molecule is O=C(Nc1cccc2ccccc12)N(CCc1ccc(Cl)cc1Cl)Cc1ccc(C(F)(F)F)cc1. The van der Waals surface area contributed by atoms with Gasteiger partial charge in [-0.1, -0.05) is 77.8 Å².